The molecule has 1 N–H and O–H groups in total. The minimum Gasteiger partial charge on any atom is -0.307 e. The Morgan fingerprint density at radius 2 is 2.00 bits per heavy atom. The highest BCUT2D eigenvalue weighted by molar-refractivity contribution is 5.84. The van der Waals surface area contributed by atoms with Crippen molar-refractivity contribution >= 4 is 5.78 Å². The van der Waals surface area contributed by atoms with Gasteiger partial charge in [-0.1, -0.05) is 36.8 Å². The molecule has 1 atom stereocenters. The van der Waals surface area contributed by atoms with E-state index in [9.17, 15) is 4.79 Å². The molecule has 86 valence electrons. The molecule has 2 rings (SSSR count). The Morgan fingerprint density at radius 1 is 1.19 bits per heavy atom. The first-order valence-electron chi connectivity index (χ1n) is 6.16. The van der Waals surface area contributed by atoms with E-state index in [1.54, 1.807) is 0 Å². The van der Waals surface area contributed by atoms with Crippen molar-refractivity contribution in [3.8, 4) is 0 Å². The number of hydrogen-bond donors (Lipinski definition) is 1. The predicted molar refractivity (Wildman–Crippen MR) is 65.4 cm³/mol. The maximum atomic E-state index is 11.6. The molecule has 1 saturated carbocycles. The molecule has 0 saturated heterocycles. The number of ketones is 1. The molecule has 1 fully saturated rings. The smallest absolute Gasteiger partial charge is 0.149 e. The number of nitrogens with one attached hydrogen (secondary N) is 1. The van der Waals surface area contributed by atoms with Crippen molar-refractivity contribution in [1.29, 1.82) is 0 Å². The van der Waals surface area contributed by atoms with Gasteiger partial charge >= 0.3 is 0 Å². The lowest BCUT2D eigenvalue weighted by Crippen LogP contribution is -2.39. The molecule has 1 aromatic rings. The normalized spacial score (nSPS) is 21.0. The van der Waals surface area contributed by atoms with Gasteiger partial charge in [-0.3, -0.25) is 4.79 Å². The molecule has 0 heterocycles. The fraction of sp³-hybridized carbons (Fsp3) is 0.500. The molecular formula is C14H19NO. The van der Waals surface area contributed by atoms with Crippen LogP contribution in [0, 0.1) is 0 Å². The van der Waals surface area contributed by atoms with Crippen LogP contribution in [0.25, 0.3) is 0 Å². The van der Waals surface area contributed by atoms with Crippen LogP contribution >= 0.6 is 0 Å². The Morgan fingerprint density at radius 3 is 2.75 bits per heavy atom. The molecule has 0 radical (unpaired) electrons. The van der Waals surface area contributed by atoms with Crippen LogP contribution in [0.2, 0.25) is 0 Å². The zero-order chi connectivity index (χ0) is 11.2. The fourth-order valence-electron chi connectivity index (χ4n) is 2.23. The van der Waals surface area contributed by atoms with Crippen molar-refractivity contribution in [1.82, 2.24) is 5.32 Å². The van der Waals surface area contributed by atoms with Crippen molar-refractivity contribution in [2.24, 2.45) is 0 Å². The van der Waals surface area contributed by atoms with Crippen molar-refractivity contribution in [2.45, 2.75) is 38.1 Å². The van der Waals surface area contributed by atoms with Gasteiger partial charge < -0.3 is 5.32 Å². The molecule has 0 aliphatic heterocycles. The molecule has 2 nitrogen and oxygen atoms in total. The van der Waals surface area contributed by atoms with Gasteiger partial charge in [0.2, 0.25) is 0 Å². The molecule has 1 aliphatic rings. The fourth-order valence-corrected chi connectivity index (χ4v) is 2.23. The van der Waals surface area contributed by atoms with Crippen molar-refractivity contribution < 1.29 is 4.79 Å². The number of hydrogen-bond acceptors (Lipinski definition) is 2. The van der Waals surface area contributed by atoms with E-state index in [-0.39, 0.29) is 6.04 Å². The SMILES string of the molecule is O=C1CCCCC1NCCc1ccccc1. The van der Waals surface area contributed by atoms with E-state index in [2.05, 4.69) is 29.6 Å². The van der Waals surface area contributed by atoms with Crippen molar-refractivity contribution in [3.05, 3.63) is 35.9 Å². The molecular weight excluding hydrogens is 198 g/mol. The molecule has 0 spiro atoms. The third-order valence-corrected chi connectivity index (χ3v) is 3.20. The van der Waals surface area contributed by atoms with Crippen LogP contribution in [0.3, 0.4) is 0 Å². The molecule has 0 bridgehead atoms. The second-order valence-corrected chi connectivity index (χ2v) is 4.45. The Labute approximate surface area is 97.1 Å². The number of Topliss-reactive ketones (excluding diaryl/α,β-unsaturated/α-hetero) is 1. The molecule has 16 heavy (non-hydrogen) atoms. The van der Waals surface area contributed by atoms with Crippen LogP contribution in [-0.4, -0.2) is 18.4 Å². The van der Waals surface area contributed by atoms with Crippen molar-refractivity contribution in [2.75, 3.05) is 6.54 Å². The monoisotopic (exact) mass is 217 g/mol. The van der Waals surface area contributed by atoms with Crippen LogP contribution < -0.4 is 5.32 Å². The summed E-state index contributed by atoms with van der Waals surface area (Å²) in [7, 11) is 0. The number of carbonyl (C=O) groups excluding carboxylic acids is 1. The van der Waals surface area contributed by atoms with Gasteiger partial charge in [0.1, 0.15) is 5.78 Å². The van der Waals surface area contributed by atoms with E-state index in [1.807, 2.05) is 6.07 Å². The highest BCUT2D eigenvalue weighted by Gasteiger charge is 2.20. The second-order valence-electron chi connectivity index (χ2n) is 4.45. The zero-order valence-corrected chi connectivity index (χ0v) is 9.61. The lowest BCUT2D eigenvalue weighted by Gasteiger charge is -2.21. The van der Waals surface area contributed by atoms with Crippen molar-refractivity contribution in [3.63, 3.8) is 0 Å². The molecule has 1 unspecified atom stereocenters. The third-order valence-electron chi connectivity index (χ3n) is 3.20. The van der Waals surface area contributed by atoms with Gasteiger partial charge in [0, 0.05) is 6.42 Å². The number of carbonyl (C=O) groups is 1. The first-order chi connectivity index (χ1) is 7.86. The van der Waals surface area contributed by atoms with Gasteiger partial charge in [-0.2, -0.15) is 0 Å². The summed E-state index contributed by atoms with van der Waals surface area (Å²) in [5, 5.41) is 3.37. The number of benzene rings is 1. The summed E-state index contributed by atoms with van der Waals surface area (Å²) in [6.07, 6.45) is 5.06. The Hall–Kier alpha value is -1.15. The summed E-state index contributed by atoms with van der Waals surface area (Å²) in [4.78, 5) is 11.6. The van der Waals surface area contributed by atoms with Crippen LogP contribution in [0.5, 0.6) is 0 Å². The second kappa shape index (κ2) is 5.80. The van der Waals surface area contributed by atoms with E-state index in [0.29, 0.717) is 5.78 Å². The summed E-state index contributed by atoms with van der Waals surface area (Å²) < 4.78 is 0. The van der Waals surface area contributed by atoms with E-state index in [1.165, 1.54) is 12.0 Å². The minimum absolute atomic E-state index is 0.123. The standard InChI is InChI=1S/C14H19NO/c16-14-9-5-4-8-13(14)15-11-10-12-6-2-1-3-7-12/h1-3,6-7,13,15H,4-5,8-11H2. The lowest BCUT2D eigenvalue weighted by atomic mass is 9.94. The molecule has 0 aromatic heterocycles. The Bertz CT molecular complexity index is 334. The van der Waals surface area contributed by atoms with E-state index in [0.717, 1.165) is 32.2 Å². The Balaban J connectivity index is 1.73. The molecule has 0 amide bonds. The molecule has 1 aromatic carbocycles. The summed E-state index contributed by atoms with van der Waals surface area (Å²) in [6.45, 7) is 0.903. The maximum Gasteiger partial charge on any atom is 0.149 e. The van der Waals surface area contributed by atoms with E-state index in [4.69, 9.17) is 0 Å². The summed E-state index contributed by atoms with van der Waals surface area (Å²) in [5.41, 5.74) is 1.33. The summed E-state index contributed by atoms with van der Waals surface area (Å²) >= 11 is 0. The summed E-state index contributed by atoms with van der Waals surface area (Å²) in [6, 6.07) is 10.5. The lowest BCUT2D eigenvalue weighted by molar-refractivity contribution is -0.122. The first-order valence-corrected chi connectivity index (χ1v) is 6.16. The zero-order valence-electron chi connectivity index (χ0n) is 9.61. The Kier molecular flexibility index (Phi) is 4.11. The summed E-state index contributed by atoms with van der Waals surface area (Å²) in [5.74, 6) is 0.402. The highest BCUT2D eigenvalue weighted by atomic mass is 16.1. The minimum atomic E-state index is 0.123. The van der Waals surface area contributed by atoms with Crippen LogP contribution in [0.1, 0.15) is 31.2 Å². The van der Waals surface area contributed by atoms with E-state index < -0.39 is 0 Å². The first kappa shape index (κ1) is 11.3. The third kappa shape index (κ3) is 3.17. The van der Waals surface area contributed by atoms with Gasteiger partial charge in [0.25, 0.3) is 0 Å². The topological polar surface area (TPSA) is 29.1 Å². The highest BCUT2D eigenvalue weighted by Crippen LogP contribution is 2.14. The predicted octanol–water partition coefficient (Wildman–Crippen LogP) is 2.33. The van der Waals surface area contributed by atoms with Gasteiger partial charge in [-0.25, -0.2) is 0 Å². The molecule has 2 heteroatoms. The van der Waals surface area contributed by atoms with Crippen LogP contribution in [0.15, 0.2) is 30.3 Å². The van der Waals surface area contributed by atoms with Gasteiger partial charge in [-0.15, -0.1) is 0 Å². The van der Waals surface area contributed by atoms with Crippen LogP contribution in [0.4, 0.5) is 0 Å². The largest absolute Gasteiger partial charge is 0.307 e. The number of rotatable bonds is 4. The maximum absolute atomic E-state index is 11.6. The average Bonchev–Trinajstić information content (AvgIpc) is 2.33. The molecule has 1 aliphatic carbocycles. The quantitative estimate of drug-likeness (QED) is 0.838. The van der Waals surface area contributed by atoms with Gasteiger partial charge in [0.15, 0.2) is 0 Å². The van der Waals surface area contributed by atoms with E-state index >= 15 is 0 Å². The van der Waals surface area contributed by atoms with Crippen LogP contribution in [-0.2, 0) is 11.2 Å². The van der Waals surface area contributed by atoms with Gasteiger partial charge in [-0.05, 0) is 31.4 Å². The average molecular weight is 217 g/mol. The van der Waals surface area contributed by atoms with Gasteiger partial charge in [0.05, 0.1) is 6.04 Å².